The van der Waals surface area contributed by atoms with Crippen molar-refractivity contribution in [3.63, 3.8) is 0 Å². The van der Waals surface area contributed by atoms with Crippen molar-refractivity contribution in [2.24, 2.45) is 5.92 Å². The minimum atomic E-state index is -4.63. The molecule has 6 rings (SSSR count). The van der Waals surface area contributed by atoms with Crippen molar-refractivity contribution in [2.45, 2.75) is 61.9 Å². The van der Waals surface area contributed by atoms with Gasteiger partial charge < -0.3 is 9.73 Å². The van der Waals surface area contributed by atoms with Gasteiger partial charge in [-0.05, 0) is 44.1 Å². The largest absolute Gasteiger partial charge is 0.522 e. The van der Waals surface area contributed by atoms with Crippen molar-refractivity contribution in [3.05, 3.63) is 48.1 Å². The number of ether oxygens (including phenoxy) is 1. The first-order valence-electron chi connectivity index (χ1n) is 10.9. The van der Waals surface area contributed by atoms with Crippen LogP contribution in [0, 0.1) is 5.92 Å². The third kappa shape index (κ3) is 3.54. The van der Waals surface area contributed by atoms with Crippen LogP contribution in [0.1, 0.15) is 66.3 Å². The number of hydrogen-bond acceptors (Lipinski definition) is 7. The van der Waals surface area contributed by atoms with Gasteiger partial charge in [-0.3, -0.25) is 9.53 Å². The SMILES string of the molecule is O=C(NC12CCC1C(c1nnc(C3CC(OC(F)(F)F)C3)o1)C2)c1ncc2ccccc2n1. The lowest BCUT2D eigenvalue weighted by atomic mass is 9.47. The number of benzene rings is 1. The van der Waals surface area contributed by atoms with Crippen molar-refractivity contribution in [3.8, 4) is 0 Å². The van der Waals surface area contributed by atoms with Gasteiger partial charge in [0.15, 0.2) is 0 Å². The summed E-state index contributed by atoms with van der Waals surface area (Å²) in [6.07, 6.45) is -0.982. The third-order valence-corrected chi connectivity index (χ3v) is 7.25. The van der Waals surface area contributed by atoms with Crippen LogP contribution >= 0.6 is 0 Å². The Morgan fingerprint density at radius 2 is 1.97 bits per heavy atom. The average molecular weight is 459 g/mol. The van der Waals surface area contributed by atoms with Crippen LogP contribution in [-0.2, 0) is 4.74 Å². The van der Waals surface area contributed by atoms with Crippen LogP contribution < -0.4 is 5.32 Å². The van der Waals surface area contributed by atoms with Gasteiger partial charge in [0.05, 0.1) is 11.6 Å². The highest BCUT2D eigenvalue weighted by molar-refractivity contribution is 5.93. The Balaban J connectivity index is 1.08. The van der Waals surface area contributed by atoms with E-state index in [0.717, 1.165) is 18.2 Å². The Morgan fingerprint density at radius 3 is 2.70 bits per heavy atom. The molecule has 0 aliphatic heterocycles. The fourth-order valence-electron chi connectivity index (χ4n) is 5.32. The quantitative estimate of drug-likeness (QED) is 0.618. The molecule has 0 radical (unpaired) electrons. The van der Waals surface area contributed by atoms with Gasteiger partial charge in [-0.15, -0.1) is 23.4 Å². The first kappa shape index (κ1) is 20.5. The van der Waals surface area contributed by atoms with Crippen LogP contribution in [0.25, 0.3) is 10.9 Å². The Kier molecular flexibility index (Phi) is 4.48. The topological polar surface area (TPSA) is 103 Å². The molecular weight excluding hydrogens is 439 g/mol. The van der Waals surface area contributed by atoms with Gasteiger partial charge in [0.25, 0.3) is 5.91 Å². The molecule has 2 heterocycles. The van der Waals surface area contributed by atoms with Gasteiger partial charge in [-0.25, -0.2) is 9.97 Å². The summed E-state index contributed by atoms with van der Waals surface area (Å²) in [4.78, 5) is 21.4. The summed E-state index contributed by atoms with van der Waals surface area (Å²) in [7, 11) is 0. The predicted octanol–water partition coefficient (Wildman–Crippen LogP) is 3.86. The first-order valence-corrected chi connectivity index (χ1v) is 10.9. The zero-order valence-corrected chi connectivity index (χ0v) is 17.4. The minimum absolute atomic E-state index is 0.0279. The smallest absolute Gasteiger partial charge is 0.425 e. The number of carbonyl (C=O) groups is 1. The van der Waals surface area contributed by atoms with E-state index in [1.54, 1.807) is 6.20 Å². The summed E-state index contributed by atoms with van der Waals surface area (Å²) in [6, 6.07) is 7.48. The molecule has 0 bridgehead atoms. The lowest BCUT2D eigenvalue weighted by Crippen LogP contribution is -2.69. The van der Waals surface area contributed by atoms with Crippen LogP contribution in [0.3, 0.4) is 0 Å². The van der Waals surface area contributed by atoms with E-state index in [1.165, 1.54) is 0 Å². The van der Waals surface area contributed by atoms with Gasteiger partial charge >= 0.3 is 6.36 Å². The molecule has 3 aromatic rings. The van der Waals surface area contributed by atoms with Gasteiger partial charge in [-0.2, -0.15) is 0 Å². The zero-order chi connectivity index (χ0) is 22.8. The van der Waals surface area contributed by atoms with Gasteiger partial charge in [0.2, 0.25) is 17.6 Å². The van der Waals surface area contributed by atoms with Gasteiger partial charge in [-0.1, -0.05) is 18.2 Å². The molecule has 1 amide bonds. The number of nitrogens with one attached hydrogen (secondary N) is 1. The Labute approximate surface area is 185 Å². The number of carbonyl (C=O) groups excluding carboxylic acids is 1. The highest BCUT2D eigenvalue weighted by atomic mass is 19.4. The molecular formula is C22H20F3N5O3. The molecule has 2 aromatic heterocycles. The normalized spacial score (nSPS) is 30.6. The van der Waals surface area contributed by atoms with Crippen molar-refractivity contribution in [1.82, 2.24) is 25.5 Å². The third-order valence-electron chi connectivity index (χ3n) is 7.25. The lowest BCUT2D eigenvalue weighted by molar-refractivity contribution is -0.352. The maximum absolute atomic E-state index is 12.8. The van der Waals surface area contributed by atoms with E-state index < -0.39 is 12.5 Å². The molecule has 172 valence electrons. The molecule has 0 spiro atoms. The van der Waals surface area contributed by atoms with Crippen LogP contribution in [0.4, 0.5) is 13.2 Å². The van der Waals surface area contributed by atoms with Crippen molar-refractivity contribution >= 4 is 16.8 Å². The lowest BCUT2D eigenvalue weighted by Gasteiger charge is -2.62. The Morgan fingerprint density at radius 1 is 1.18 bits per heavy atom. The van der Waals surface area contributed by atoms with Crippen LogP contribution in [0.5, 0.6) is 0 Å². The summed E-state index contributed by atoms with van der Waals surface area (Å²) in [5.74, 6) is 0.671. The zero-order valence-electron chi connectivity index (χ0n) is 17.4. The van der Waals surface area contributed by atoms with E-state index in [0.29, 0.717) is 23.7 Å². The van der Waals surface area contributed by atoms with E-state index >= 15 is 0 Å². The van der Waals surface area contributed by atoms with Crippen LogP contribution in [-0.4, -0.2) is 44.1 Å². The molecule has 3 aliphatic carbocycles. The number of halogens is 3. The van der Waals surface area contributed by atoms with Crippen LogP contribution in [0.15, 0.2) is 34.9 Å². The molecule has 1 aromatic carbocycles. The van der Waals surface area contributed by atoms with E-state index in [-0.39, 0.29) is 47.9 Å². The van der Waals surface area contributed by atoms with E-state index in [2.05, 4.69) is 30.2 Å². The maximum atomic E-state index is 12.8. The fraction of sp³-hybridized carbons (Fsp3) is 0.500. The predicted molar refractivity (Wildman–Crippen MR) is 107 cm³/mol. The molecule has 1 N–H and O–H groups in total. The molecule has 3 saturated carbocycles. The van der Waals surface area contributed by atoms with E-state index in [4.69, 9.17) is 4.42 Å². The highest BCUT2D eigenvalue weighted by Gasteiger charge is 2.62. The second-order valence-electron chi connectivity index (χ2n) is 9.15. The molecule has 8 nitrogen and oxygen atoms in total. The number of rotatable bonds is 5. The second kappa shape index (κ2) is 7.21. The molecule has 0 saturated heterocycles. The number of aromatic nitrogens is 4. The van der Waals surface area contributed by atoms with Crippen molar-refractivity contribution in [1.29, 1.82) is 0 Å². The van der Waals surface area contributed by atoms with E-state index in [9.17, 15) is 18.0 Å². The summed E-state index contributed by atoms with van der Waals surface area (Å²) in [5.41, 5.74) is 0.386. The van der Waals surface area contributed by atoms with Crippen molar-refractivity contribution in [2.75, 3.05) is 0 Å². The maximum Gasteiger partial charge on any atom is 0.522 e. The summed E-state index contributed by atoms with van der Waals surface area (Å²) >= 11 is 0. The Hall–Kier alpha value is -3.08. The molecule has 3 unspecified atom stereocenters. The number of hydrogen-bond donors (Lipinski definition) is 1. The number of nitrogens with zero attached hydrogens (tertiary/aromatic N) is 4. The molecule has 33 heavy (non-hydrogen) atoms. The van der Waals surface area contributed by atoms with Gasteiger partial charge in [0.1, 0.15) is 0 Å². The minimum Gasteiger partial charge on any atom is -0.425 e. The number of alkyl halides is 3. The average Bonchev–Trinajstić information content (AvgIpc) is 3.22. The standard InChI is InChI=1S/C22H20F3N5O3/c23-22(24,25)33-13-7-12(8-13)19-29-30-20(32-19)14-9-21(6-5-15(14)21)28-18(31)17-26-10-11-3-1-2-4-16(11)27-17/h1-4,10,12-15H,5-9H2,(H,28,31). The molecule has 3 fully saturated rings. The molecule has 3 aliphatic rings. The number of amides is 1. The fourth-order valence-corrected chi connectivity index (χ4v) is 5.32. The van der Waals surface area contributed by atoms with Gasteiger partial charge in [0, 0.05) is 29.0 Å². The number of para-hydroxylation sites is 1. The summed E-state index contributed by atoms with van der Waals surface area (Å²) in [6.45, 7) is 0. The highest BCUT2D eigenvalue weighted by Crippen LogP contribution is 2.61. The summed E-state index contributed by atoms with van der Waals surface area (Å²) in [5, 5.41) is 12.2. The second-order valence-corrected chi connectivity index (χ2v) is 9.15. The molecule has 3 atom stereocenters. The van der Waals surface area contributed by atoms with Crippen molar-refractivity contribution < 1.29 is 27.1 Å². The Bertz CT molecular complexity index is 1230. The first-order chi connectivity index (χ1) is 15.8. The number of fused-ring (bicyclic) bond motifs is 2. The summed E-state index contributed by atoms with van der Waals surface area (Å²) < 4.78 is 46.7. The van der Waals surface area contributed by atoms with E-state index in [1.807, 2.05) is 24.3 Å². The van der Waals surface area contributed by atoms with Crippen LogP contribution in [0.2, 0.25) is 0 Å². The molecule has 11 heteroatoms. The monoisotopic (exact) mass is 459 g/mol.